The highest BCUT2D eigenvalue weighted by atomic mass is 32.2. The lowest BCUT2D eigenvalue weighted by molar-refractivity contribution is -0.134. The summed E-state index contributed by atoms with van der Waals surface area (Å²) in [6.45, 7) is 1.58. The van der Waals surface area contributed by atoms with Crippen LogP contribution in [0.3, 0.4) is 0 Å². The van der Waals surface area contributed by atoms with Crippen molar-refractivity contribution in [1.29, 1.82) is 0 Å². The molecule has 0 saturated heterocycles. The molecule has 2 saturated carbocycles. The number of nitrogens with zero attached hydrogens (tertiary/aromatic N) is 2. The van der Waals surface area contributed by atoms with Crippen LogP contribution in [-0.4, -0.2) is 42.1 Å². The van der Waals surface area contributed by atoms with Crippen molar-refractivity contribution >= 4 is 44.0 Å². The number of carbonyl (C=O) groups is 2. The summed E-state index contributed by atoms with van der Waals surface area (Å²) >= 11 is 1.13. The molecule has 2 aliphatic carbocycles. The number of aliphatic hydroxyl groups excluding tert-OH is 1. The van der Waals surface area contributed by atoms with Crippen molar-refractivity contribution in [2.24, 2.45) is 22.2 Å². The number of amidine groups is 1. The van der Waals surface area contributed by atoms with Gasteiger partial charge in [0.2, 0.25) is 5.91 Å². The van der Waals surface area contributed by atoms with Crippen LogP contribution in [0.2, 0.25) is 0 Å². The number of sulfonamides is 1. The summed E-state index contributed by atoms with van der Waals surface area (Å²) in [6, 6.07) is 5.72. The number of hydrogen-bond donors (Lipinski definition) is 3. The number of amides is 2. The monoisotopic (exact) mass is 544 g/mol. The molecule has 0 radical (unpaired) electrons. The summed E-state index contributed by atoms with van der Waals surface area (Å²) in [5.74, 6) is -1.36. The van der Waals surface area contributed by atoms with Gasteiger partial charge in [-0.05, 0) is 54.2 Å². The molecule has 2 aliphatic heterocycles. The number of carbonyl (C=O) groups excluding carboxylic acids is 2. The second-order valence-electron chi connectivity index (χ2n) is 10.0. The molecule has 1 aromatic heterocycles. The van der Waals surface area contributed by atoms with E-state index in [0.717, 1.165) is 36.2 Å². The fourth-order valence-corrected chi connectivity index (χ4v) is 8.94. The Kier molecular flexibility index (Phi) is 5.64. The summed E-state index contributed by atoms with van der Waals surface area (Å²) in [5, 5.41) is 18.9. The highest BCUT2D eigenvalue weighted by Crippen LogP contribution is 2.55. The summed E-state index contributed by atoms with van der Waals surface area (Å²) in [5.41, 5.74) is 0.998. The van der Waals surface area contributed by atoms with Crippen LogP contribution in [0, 0.1) is 23.6 Å². The Morgan fingerprint density at radius 1 is 1.27 bits per heavy atom. The van der Waals surface area contributed by atoms with Crippen molar-refractivity contribution in [1.82, 2.24) is 10.2 Å². The van der Waals surface area contributed by atoms with Crippen LogP contribution in [0.25, 0.3) is 0 Å². The molecule has 4 aliphatic rings. The van der Waals surface area contributed by atoms with Crippen LogP contribution in [-0.2, 0) is 32.7 Å². The van der Waals surface area contributed by atoms with E-state index < -0.39 is 15.9 Å². The second kappa shape index (κ2) is 8.66. The van der Waals surface area contributed by atoms with Crippen LogP contribution in [0.4, 0.5) is 9.39 Å². The van der Waals surface area contributed by atoms with Gasteiger partial charge in [0.1, 0.15) is 27.0 Å². The van der Waals surface area contributed by atoms with Gasteiger partial charge >= 0.3 is 0 Å². The van der Waals surface area contributed by atoms with Gasteiger partial charge in [-0.1, -0.05) is 12.1 Å². The second-order valence-corrected chi connectivity index (χ2v) is 12.5. The van der Waals surface area contributed by atoms with Gasteiger partial charge in [0.05, 0.1) is 0 Å². The molecule has 12 heteroatoms. The maximum atomic E-state index is 13.9. The molecule has 1 aromatic carbocycles. The van der Waals surface area contributed by atoms with Crippen molar-refractivity contribution in [3.8, 4) is 0 Å². The highest BCUT2D eigenvalue weighted by molar-refractivity contribution is 7.90. The van der Waals surface area contributed by atoms with Gasteiger partial charge in [-0.2, -0.15) is 8.42 Å². The first-order valence-electron chi connectivity index (χ1n) is 12.1. The number of anilines is 1. The highest BCUT2D eigenvalue weighted by Gasteiger charge is 2.57. The molecular weight excluding hydrogens is 519 g/mol. The largest absolute Gasteiger partial charge is 0.511 e. The Labute approximate surface area is 217 Å². The predicted molar refractivity (Wildman–Crippen MR) is 135 cm³/mol. The molecule has 3 N–H and O–H groups in total. The molecule has 0 spiro atoms. The number of benzene rings is 1. The summed E-state index contributed by atoms with van der Waals surface area (Å²) in [4.78, 5) is 26.9. The summed E-state index contributed by atoms with van der Waals surface area (Å²) in [6.07, 6.45) is 2.78. The van der Waals surface area contributed by atoms with Gasteiger partial charge in [-0.3, -0.25) is 9.59 Å². The van der Waals surface area contributed by atoms with Gasteiger partial charge in [-0.25, -0.2) is 4.39 Å². The Balaban J connectivity index is 1.39. The molecule has 4 atom stereocenters. The third-order valence-corrected chi connectivity index (χ3v) is 10.3. The van der Waals surface area contributed by atoms with Crippen molar-refractivity contribution in [2.45, 2.75) is 50.2 Å². The molecular formula is C25H25FN4O5S2. The predicted octanol–water partition coefficient (Wildman–Crippen LogP) is 3.31. The van der Waals surface area contributed by atoms with E-state index in [1.165, 1.54) is 19.1 Å². The molecule has 9 nitrogen and oxygen atoms in total. The summed E-state index contributed by atoms with van der Waals surface area (Å²) < 4.78 is 43.9. The fourth-order valence-electron chi connectivity index (χ4n) is 6.33. The Hall–Kier alpha value is -3.25. The lowest BCUT2D eigenvalue weighted by Crippen LogP contribution is -2.53. The number of hydrogen-bond acceptors (Lipinski definition) is 7. The van der Waals surface area contributed by atoms with E-state index in [2.05, 4.69) is 15.0 Å². The Morgan fingerprint density at radius 3 is 2.73 bits per heavy atom. The molecule has 194 valence electrons. The van der Waals surface area contributed by atoms with E-state index in [4.69, 9.17) is 0 Å². The zero-order chi connectivity index (χ0) is 26.1. The number of nitrogens with one attached hydrogen (secondary N) is 2. The van der Waals surface area contributed by atoms with Gasteiger partial charge in [-0.15, -0.1) is 15.7 Å². The third-order valence-electron chi connectivity index (χ3n) is 7.83. The smallest absolute Gasteiger partial charge is 0.287 e. The molecule has 2 bridgehead atoms. The van der Waals surface area contributed by atoms with Gasteiger partial charge in [0.15, 0.2) is 5.84 Å². The fraction of sp³-hybridized carbons (Fsp3) is 0.400. The minimum atomic E-state index is -4.21. The molecule has 0 unspecified atom stereocenters. The number of rotatable bonds is 5. The number of halogens is 1. The first-order valence-corrected chi connectivity index (χ1v) is 14.4. The van der Waals surface area contributed by atoms with E-state index in [-0.39, 0.29) is 75.7 Å². The number of thiophene rings is 1. The van der Waals surface area contributed by atoms with E-state index in [1.54, 1.807) is 22.4 Å². The zero-order valence-corrected chi connectivity index (χ0v) is 21.5. The van der Waals surface area contributed by atoms with E-state index in [0.29, 0.717) is 5.56 Å². The van der Waals surface area contributed by atoms with Gasteiger partial charge < -0.3 is 20.6 Å². The molecule has 6 rings (SSSR count). The Morgan fingerprint density at radius 2 is 2.00 bits per heavy atom. The van der Waals surface area contributed by atoms with E-state index in [9.17, 15) is 27.5 Å². The van der Waals surface area contributed by atoms with E-state index in [1.807, 2.05) is 0 Å². The lowest BCUT2D eigenvalue weighted by atomic mass is 9.77. The van der Waals surface area contributed by atoms with Gasteiger partial charge in [0, 0.05) is 37.5 Å². The topological polar surface area (TPSA) is 128 Å². The van der Waals surface area contributed by atoms with Crippen molar-refractivity contribution in [3.05, 3.63) is 57.9 Å². The van der Waals surface area contributed by atoms with Gasteiger partial charge in [0.25, 0.3) is 15.9 Å². The summed E-state index contributed by atoms with van der Waals surface area (Å²) in [7, 11) is -4.21. The van der Waals surface area contributed by atoms with Crippen LogP contribution in [0.1, 0.15) is 37.3 Å². The van der Waals surface area contributed by atoms with Crippen LogP contribution in [0.15, 0.2) is 50.3 Å². The molecule has 3 heterocycles. The molecule has 2 fully saturated rings. The minimum absolute atomic E-state index is 0.0259. The van der Waals surface area contributed by atoms with Crippen LogP contribution < -0.4 is 10.6 Å². The SMILES string of the molecule is CC(=O)NCc1csc2c1S(=O)(=O)N=C(C1=C(O)[C@@H]3[C@@H]4CC[C@@H](C4)[C@@H]3N(Cc3ccc(F)cc3)C1=O)N2. The lowest BCUT2D eigenvalue weighted by Gasteiger charge is -2.44. The van der Waals surface area contributed by atoms with Crippen LogP contribution in [0.5, 0.6) is 0 Å². The van der Waals surface area contributed by atoms with Crippen molar-refractivity contribution < 1.29 is 27.5 Å². The first-order chi connectivity index (χ1) is 17.6. The zero-order valence-electron chi connectivity index (χ0n) is 19.9. The standard InChI is InChI=1S/C25H25FN4O5S2/c1-12(31)27-9-16-11-36-24-22(16)37(34,35)29-23(28-24)19-21(32)18-14-4-5-15(8-14)20(18)30(25(19)33)10-13-2-6-17(26)7-3-13/h2-3,6-7,11,14-15,18,20,32H,4-5,8-10H2,1H3,(H,27,31)(H,28,29)/t14-,15+,18-,20+/m1/s1. The normalized spacial score (nSPS) is 27.5. The van der Waals surface area contributed by atoms with Crippen LogP contribution >= 0.6 is 11.3 Å². The number of aliphatic hydroxyl groups is 1. The molecule has 2 amide bonds. The van der Waals surface area contributed by atoms with E-state index >= 15 is 0 Å². The maximum absolute atomic E-state index is 13.9. The van der Waals surface area contributed by atoms with Crippen molar-refractivity contribution in [2.75, 3.05) is 5.32 Å². The maximum Gasteiger partial charge on any atom is 0.287 e. The quantitative estimate of drug-likeness (QED) is 0.530. The average molecular weight is 545 g/mol. The average Bonchev–Trinajstić information content (AvgIpc) is 3.56. The van der Waals surface area contributed by atoms with Crippen molar-refractivity contribution in [3.63, 3.8) is 0 Å². The molecule has 2 aromatic rings. The number of fused-ring (bicyclic) bond motifs is 6. The Bertz CT molecular complexity index is 1480. The first kappa shape index (κ1) is 24.1. The minimum Gasteiger partial charge on any atom is -0.511 e. The molecule has 37 heavy (non-hydrogen) atoms. The third kappa shape index (κ3) is 3.93.